The Balaban J connectivity index is 2.34. The maximum absolute atomic E-state index is 3.63. The lowest BCUT2D eigenvalue weighted by molar-refractivity contribution is 0.162. The zero-order valence-corrected chi connectivity index (χ0v) is 11.2. The van der Waals surface area contributed by atoms with Crippen LogP contribution in [-0.4, -0.2) is 5.33 Å². The summed E-state index contributed by atoms with van der Waals surface area (Å²) in [5, 5.41) is 1.21. The number of rotatable bonds is 6. The molecule has 0 bridgehead atoms. The smallest absolute Gasteiger partial charge is 0.00365 e. The van der Waals surface area contributed by atoms with Gasteiger partial charge in [-0.05, 0) is 31.1 Å². The van der Waals surface area contributed by atoms with Crippen molar-refractivity contribution in [2.24, 2.45) is 5.41 Å². The molecule has 0 amide bonds. The van der Waals surface area contributed by atoms with Crippen molar-refractivity contribution in [3.8, 4) is 0 Å². The summed E-state index contributed by atoms with van der Waals surface area (Å²) in [6.45, 7) is 2.30. The minimum absolute atomic E-state index is 0.733. The molecule has 1 fully saturated rings. The fourth-order valence-electron chi connectivity index (χ4n) is 2.88. The predicted molar refractivity (Wildman–Crippen MR) is 68.1 cm³/mol. The standard InChI is InChI=1S/C13H25Br/c1-2-3-5-8-13(11-12-14)9-6-4-7-10-13/h2-12H2,1H3. The second kappa shape index (κ2) is 6.87. The Morgan fingerprint density at radius 1 is 1.00 bits per heavy atom. The lowest BCUT2D eigenvalue weighted by Crippen LogP contribution is -2.24. The Labute approximate surface area is 98.0 Å². The summed E-state index contributed by atoms with van der Waals surface area (Å²) in [4.78, 5) is 0. The molecule has 1 aliphatic carbocycles. The number of hydrogen-bond acceptors (Lipinski definition) is 0. The first-order valence-corrected chi connectivity index (χ1v) is 7.51. The summed E-state index contributed by atoms with van der Waals surface area (Å²) in [7, 11) is 0. The molecule has 0 nitrogen and oxygen atoms in total. The molecule has 0 unspecified atom stereocenters. The highest BCUT2D eigenvalue weighted by Crippen LogP contribution is 2.43. The molecule has 0 atom stereocenters. The summed E-state index contributed by atoms with van der Waals surface area (Å²) < 4.78 is 0. The van der Waals surface area contributed by atoms with Gasteiger partial charge in [-0.25, -0.2) is 0 Å². The van der Waals surface area contributed by atoms with Gasteiger partial charge in [0.1, 0.15) is 0 Å². The molecule has 0 N–H and O–H groups in total. The molecule has 1 aliphatic rings. The van der Waals surface area contributed by atoms with Gasteiger partial charge in [-0.3, -0.25) is 0 Å². The van der Waals surface area contributed by atoms with Gasteiger partial charge in [0.25, 0.3) is 0 Å². The van der Waals surface area contributed by atoms with Crippen LogP contribution in [-0.2, 0) is 0 Å². The lowest BCUT2D eigenvalue weighted by atomic mass is 9.69. The molecule has 0 spiro atoms. The van der Waals surface area contributed by atoms with Crippen molar-refractivity contribution < 1.29 is 0 Å². The summed E-state index contributed by atoms with van der Waals surface area (Å²) in [6.07, 6.45) is 14.6. The second-order valence-corrected chi connectivity index (χ2v) is 5.75. The first-order valence-electron chi connectivity index (χ1n) is 6.39. The molecule has 0 aliphatic heterocycles. The molecule has 0 heterocycles. The normalized spacial score (nSPS) is 21.0. The van der Waals surface area contributed by atoms with Crippen LogP contribution < -0.4 is 0 Å². The molecular formula is C13H25Br. The molecule has 0 aromatic heterocycles. The van der Waals surface area contributed by atoms with E-state index in [1.807, 2.05) is 0 Å². The van der Waals surface area contributed by atoms with E-state index in [-0.39, 0.29) is 0 Å². The van der Waals surface area contributed by atoms with E-state index in [1.54, 1.807) is 0 Å². The Morgan fingerprint density at radius 3 is 2.29 bits per heavy atom. The summed E-state index contributed by atoms with van der Waals surface area (Å²) in [5.41, 5.74) is 0.733. The molecule has 0 aromatic carbocycles. The maximum atomic E-state index is 3.63. The third-order valence-electron chi connectivity index (χ3n) is 3.85. The molecule has 1 rings (SSSR count). The van der Waals surface area contributed by atoms with Crippen LogP contribution in [0.1, 0.15) is 71.1 Å². The highest BCUT2D eigenvalue weighted by atomic mass is 79.9. The molecule has 0 saturated heterocycles. The zero-order valence-electron chi connectivity index (χ0n) is 9.66. The Kier molecular flexibility index (Phi) is 6.16. The van der Waals surface area contributed by atoms with Gasteiger partial charge in [0, 0.05) is 5.33 Å². The third kappa shape index (κ3) is 3.92. The van der Waals surface area contributed by atoms with E-state index in [1.165, 1.54) is 69.5 Å². The van der Waals surface area contributed by atoms with Gasteiger partial charge in [0.05, 0.1) is 0 Å². The number of halogens is 1. The van der Waals surface area contributed by atoms with Crippen molar-refractivity contribution in [1.82, 2.24) is 0 Å². The monoisotopic (exact) mass is 260 g/mol. The average Bonchev–Trinajstić information content (AvgIpc) is 2.20. The first-order chi connectivity index (χ1) is 6.83. The van der Waals surface area contributed by atoms with E-state index >= 15 is 0 Å². The van der Waals surface area contributed by atoms with Crippen LogP contribution in [0.2, 0.25) is 0 Å². The lowest BCUT2D eigenvalue weighted by Gasteiger charge is -2.37. The second-order valence-electron chi connectivity index (χ2n) is 4.96. The number of alkyl halides is 1. The molecule has 0 aromatic rings. The maximum Gasteiger partial charge on any atom is 0.00365 e. The SMILES string of the molecule is CCCCCC1(CCBr)CCCCC1. The van der Waals surface area contributed by atoms with Crippen LogP contribution in [0.5, 0.6) is 0 Å². The summed E-state index contributed by atoms with van der Waals surface area (Å²) >= 11 is 3.63. The number of hydrogen-bond donors (Lipinski definition) is 0. The fourth-order valence-corrected chi connectivity index (χ4v) is 3.72. The Hall–Kier alpha value is 0.480. The van der Waals surface area contributed by atoms with Gasteiger partial charge in [-0.2, -0.15) is 0 Å². The quantitative estimate of drug-likeness (QED) is 0.449. The van der Waals surface area contributed by atoms with Crippen LogP contribution >= 0.6 is 15.9 Å². The number of unbranched alkanes of at least 4 members (excludes halogenated alkanes) is 2. The third-order valence-corrected chi connectivity index (χ3v) is 4.25. The highest BCUT2D eigenvalue weighted by molar-refractivity contribution is 9.09. The van der Waals surface area contributed by atoms with Crippen molar-refractivity contribution in [2.75, 3.05) is 5.33 Å². The summed E-state index contributed by atoms with van der Waals surface area (Å²) in [5.74, 6) is 0. The van der Waals surface area contributed by atoms with E-state index in [2.05, 4.69) is 22.9 Å². The molecule has 14 heavy (non-hydrogen) atoms. The fraction of sp³-hybridized carbons (Fsp3) is 1.00. The first kappa shape index (κ1) is 12.5. The molecule has 0 radical (unpaired) electrons. The Bertz CT molecular complexity index is 131. The van der Waals surface area contributed by atoms with E-state index < -0.39 is 0 Å². The van der Waals surface area contributed by atoms with Gasteiger partial charge < -0.3 is 0 Å². The van der Waals surface area contributed by atoms with Gasteiger partial charge in [0.15, 0.2) is 0 Å². The van der Waals surface area contributed by atoms with Crippen LogP contribution in [0.3, 0.4) is 0 Å². The van der Waals surface area contributed by atoms with Crippen LogP contribution in [0.25, 0.3) is 0 Å². The predicted octanol–water partition coefficient (Wildman–Crippen LogP) is 5.30. The van der Waals surface area contributed by atoms with Crippen LogP contribution in [0, 0.1) is 5.41 Å². The van der Waals surface area contributed by atoms with Crippen molar-refractivity contribution in [1.29, 1.82) is 0 Å². The van der Waals surface area contributed by atoms with E-state index in [0.29, 0.717) is 0 Å². The molecule has 1 heteroatoms. The summed E-state index contributed by atoms with van der Waals surface area (Å²) in [6, 6.07) is 0. The largest absolute Gasteiger partial charge is 0.0928 e. The van der Waals surface area contributed by atoms with E-state index in [0.717, 1.165) is 5.41 Å². The van der Waals surface area contributed by atoms with Crippen LogP contribution in [0.15, 0.2) is 0 Å². The minimum Gasteiger partial charge on any atom is -0.0928 e. The average molecular weight is 261 g/mol. The van der Waals surface area contributed by atoms with E-state index in [9.17, 15) is 0 Å². The van der Waals surface area contributed by atoms with E-state index in [4.69, 9.17) is 0 Å². The van der Waals surface area contributed by atoms with Crippen molar-refractivity contribution in [3.63, 3.8) is 0 Å². The van der Waals surface area contributed by atoms with Gasteiger partial charge in [-0.15, -0.1) is 0 Å². The minimum atomic E-state index is 0.733. The molecular weight excluding hydrogens is 236 g/mol. The van der Waals surface area contributed by atoms with Crippen LogP contribution in [0.4, 0.5) is 0 Å². The van der Waals surface area contributed by atoms with Gasteiger partial charge in [-0.1, -0.05) is 61.4 Å². The van der Waals surface area contributed by atoms with Crippen molar-refractivity contribution in [2.45, 2.75) is 71.1 Å². The van der Waals surface area contributed by atoms with Gasteiger partial charge >= 0.3 is 0 Å². The Morgan fingerprint density at radius 2 is 1.71 bits per heavy atom. The molecule has 84 valence electrons. The highest BCUT2D eigenvalue weighted by Gasteiger charge is 2.30. The van der Waals surface area contributed by atoms with Gasteiger partial charge in [0.2, 0.25) is 0 Å². The molecule has 1 saturated carbocycles. The zero-order chi connectivity index (χ0) is 10.3. The van der Waals surface area contributed by atoms with Crippen molar-refractivity contribution >= 4 is 15.9 Å². The van der Waals surface area contributed by atoms with Crippen molar-refractivity contribution in [3.05, 3.63) is 0 Å². The topological polar surface area (TPSA) is 0 Å².